The Kier molecular flexibility index (Phi) is 5.08. The number of carbonyl (C=O) groups is 1. The molecule has 0 unspecified atom stereocenters. The van der Waals surface area contributed by atoms with E-state index in [0.29, 0.717) is 0 Å². The molecule has 1 N–H and O–H groups in total. The maximum absolute atomic E-state index is 13.7. The van der Waals surface area contributed by atoms with Crippen molar-refractivity contribution in [2.24, 2.45) is 0 Å². The molecule has 8 heteroatoms. The molecular weight excluding hydrogens is 348 g/mol. The number of nitrogens with zero attached hydrogens (tertiary/aromatic N) is 2. The third-order valence-corrected chi connectivity index (χ3v) is 4.10. The van der Waals surface area contributed by atoms with Gasteiger partial charge in [-0.15, -0.1) is 16.9 Å². The molecule has 1 aromatic heterocycles. The number of nitrogens with one attached hydrogen (secondary N) is 1. The van der Waals surface area contributed by atoms with Gasteiger partial charge in [0.2, 0.25) is 5.91 Å². The van der Waals surface area contributed by atoms with Crippen molar-refractivity contribution in [1.82, 2.24) is 10.2 Å². The molecule has 0 fully saturated rings. The molecule has 25 heavy (non-hydrogen) atoms. The first kappa shape index (κ1) is 17.1. The van der Waals surface area contributed by atoms with Crippen molar-refractivity contribution in [3.8, 4) is 11.5 Å². The van der Waals surface area contributed by atoms with Crippen molar-refractivity contribution < 1.29 is 18.0 Å². The number of amides is 1. The summed E-state index contributed by atoms with van der Waals surface area (Å²) in [6.07, 6.45) is 2.11. The molecular formula is C17H13F2N3O2S. The minimum atomic E-state index is -0.824. The first-order chi connectivity index (χ1) is 12.0. The van der Waals surface area contributed by atoms with E-state index >= 15 is 0 Å². The fraction of sp³-hybridized carbons (Fsp3) is 0.118. The Hall–Kier alpha value is -2.74. The highest BCUT2D eigenvalue weighted by Crippen LogP contribution is 2.23. The standard InChI is InChI=1S/C17H13F2N3O2S/c1-25-12-5-2-10(3-6-12)8-15(23)20-17-22-21-16(24-17)13-7-4-11(18)9-14(13)19/h2-7,9H,8H2,1H3,(H,20,22,23). The van der Waals surface area contributed by atoms with Crippen molar-refractivity contribution in [2.45, 2.75) is 11.3 Å². The number of rotatable bonds is 5. The summed E-state index contributed by atoms with van der Waals surface area (Å²) in [7, 11) is 0. The predicted octanol–water partition coefficient (Wildman–Crippen LogP) is 3.92. The van der Waals surface area contributed by atoms with Crippen molar-refractivity contribution in [3.05, 3.63) is 59.7 Å². The van der Waals surface area contributed by atoms with Crippen LogP contribution in [0.25, 0.3) is 11.5 Å². The molecule has 1 amide bonds. The number of halogens is 2. The maximum Gasteiger partial charge on any atom is 0.322 e. The van der Waals surface area contributed by atoms with E-state index in [4.69, 9.17) is 4.42 Å². The van der Waals surface area contributed by atoms with Crippen molar-refractivity contribution in [2.75, 3.05) is 11.6 Å². The molecule has 3 rings (SSSR count). The lowest BCUT2D eigenvalue weighted by Gasteiger charge is -2.02. The van der Waals surface area contributed by atoms with E-state index in [1.165, 1.54) is 6.07 Å². The highest BCUT2D eigenvalue weighted by atomic mass is 32.2. The van der Waals surface area contributed by atoms with Crippen molar-refractivity contribution in [3.63, 3.8) is 0 Å². The molecule has 0 bridgehead atoms. The maximum atomic E-state index is 13.7. The molecule has 0 saturated carbocycles. The molecule has 0 atom stereocenters. The summed E-state index contributed by atoms with van der Waals surface area (Å²) < 4.78 is 31.8. The van der Waals surface area contributed by atoms with Gasteiger partial charge in [0.15, 0.2) is 0 Å². The zero-order valence-electron chi connectivity index (χ0n) is 13.1. The second kappa shape index (κ2) is 7.43. The molecule has 0 aliphatic carbocycles. The molecule has 0 saturated heterocycles. The topological polar surface area (TPSA) is 68.0 Å². The van der Waals surface area contributed by atoms with Crippen LogP contribution in [0.1, 0.15) is 5.56 Å². The molecule has 1 heterocycles. The average Bonchev–Trinajstić information content (AvgIpc) is 3.03. The minimum absolute atomic E-state index is 0.0398. The van der Waals surface area contributed by atoms with Crippen LogP contribution in [-0.4, -0.2) is 22.4 Å². The SMILES string of the molecule is CSc1ccc(CC(=O)Nc2nnc(-c3ccc(F)cc3F)o2)cc1. The van der Waals surface area contributed by atoms with Crippen LogP contribution in [-0.2, 0) is 11.2 Å². The van der Waals surface area contributed by atoms with Gasteiger partial charge in [-0.25, -0.2) is 8.78 Å². The van der Waals surface area contributed by atoms with Gasteiger partial charge in [0.05, 0.1) is 12.0 Å². The Morgan fingerprint density at radius 2 is 1.92 bits per heavy atom. The van der Waals surface area contributed by atoms with Gasteiger partial charge in [-0.1, -0.05) is 17.2 Å². The number of anilines is 1. The second-order valence-corrected chi connectivity index (χ2v) is 5.99. The van der Waals surface area contributed by atoms with Gasteiger partial charge in [0.25, 0.3) is 5.89 Å². The monoisotopic (exact) mass is 361 g/mol. The van der Waals surface area contributed by atoms with E-state index in [0.717, 1.165) is 22.6 Å². The highest BCUT2D eigenvalue weighted by Gasteiger charge is 2.15. The van der Waals surface area contributed by atoms with E-state index in [1.54, 1.807) is 11.8 Å². The molecule has 5 nitrogen and oxygen atoms in total. The summed E-state index contributed by atoms with van der Waals surface area (Å²) >= 11 is 1.61. The summed E-state index contributed by atoms with van der Waals surface area (Å²) in [4.78, 5) is 13.1. The first-order valence-electron chi connectivity index (χ1n) is 7.27. The summed E-state index contributed by atoms with van der Waals surface area (Å²) in [5, 5.41) is 9.77. The van der Waals surface area contributed by atoms with Gasteiger partial charge in [-0.3, -0.25) is 10.1 Å². The third-order valence-electron chi connectivity index (χ3n) is 3.36. The summed E-state index contributed by atoms with van der Waals surface area (Å²) in [5.41, 5.74) is 0.793. The Morgan fingerprint density at radius 3 is 2.60 bits per heavy atom. The van der Waals surface area contributed by atoms with Gasteiger partial charge in [0, 0.05) is 11.0 Å². The third kappa shape index (κ3) is 4.21. The lowest BCUT2D eigenvalue weighted by Crippen LogP contribution is -2.14. The van der Waals surface area contributed by atoms with Crippen molar-refractivity contribution >= 4 is 23.7 Å². The van der Waals surface area contributed by atoms with Crippen LogP contribution >= 0.6 is 11.8 Å². The largest absolute Gasteiger partial charge is 0.403 e. The van der Waals surface area contributed by atoms with E-state index < -0.39 is 11.6 Å². The number of hydrogen-bond acceptors (Lipinski definition) is 5. The van der Waals surface area contributed by atoms with Gasteiger partial charge in [-0.05, 0) is 36.1 Å². The lowest BCUT2D eigenvalue weighted by atomic mass is 10.1. The van der Waals surface area contributed by atoms with Gasteiger partial charge in [-0.2, -0.15) is 0 Å². The van der Waals surface area contributed by atoms with Crippen LogP contribution < -0.4 is 5.32 Å². The Bertz CT molecular complexity index is 897. The lowest BCUT2D eigenvalue weighted by molar-refractivity contribution is -0.115. The Morgan fingerprint density at radius 1 is 1.16 bits per heavy atom. The number of hydrogen-bond donors (Lipinski definition) is 1. The average molecular weight is 361 g/mol. The number of benzene rings is 2. The molecule has 0 spiro atoms. The van der Waals surface area contributed by atoms with Gasteiger partial charge in [0.1, 0.15) is 11.6 Å². The van der Waals surface area contributed by atoms with Crippen LogP contribution in [0.15, 0.2) is 51.8 Å². The molecule has 0 aliphatic heterocycles. The van der Waals surface area contributed by atoms with Crippen LogP contribution in [0, 0.1) is 11.6 Å². The van der Waals surface area contributed by atoms with E-state index in [2.05, 4.69) is 15.5 Å². The van der Waals surface area contributed by atoms with E-state index in [-0.39, 0.29) is 29.8 Å². The molecule has 0 aliphatic rings. The Balaban J connectivity index is 1.67. The number of thioether (sulfide) groups is 1. The van der Waals surface area contributed by atoms with E-state index in [1.807, 2.05) is 30.5 Å². The summed E-state index contributed by atoms with van der Waals surface area (Å²) in [6, 6.07) is 10.4. The number of carbonyl (C=O) groups excluding carboxylic acids is 1. The summed E-state index contributed by atoms with van der Waals surface area (Å²) in [6.45, 7) is 0. The number of aromatic nitrogens is 2. The van der Waals surface area contributed by atoms with Crippen LogP contribution in [0.3, 0.4) is 0 Å². The first-order valence-corrected chi connectivity index (χ1v) is 8.49. The molecule has 0 radical (unpaired) electrons. The fourth-order valence-electron chi connectivity index (χ4n) is 2.14. The highest BCUT2D eigenvalue weighted by molar-refractivity contribution is 7.98. The van der Waals surface area contributed by atoms with Crippen LogP contribution in [0.4, 0.5) is 14.8 Å². The fourth-order valence-corrected chi connectivity index (χ4v) is 2.55. The minimum Gasteiger partial charge on any atom is -0.403 e. The molecule has 2 aromatic carbocycles. The normalized spacial score (nSPS) is 10.7. The molecule has 3 aromatic rings. The zero-order chi connectivity index (χ0) is 17.8. The molecule has 128 valence electrons. The van der Waals surface area contributed by atoms with Crippen LogP contribution in [0.2, 0.25) is 0 Å². The van der Waals surface area contributed by atoms with Gasteiger partial charge >= 0.3 is 6.01 Å². The van der Waals surface area contributed by atoms with Crippen molar-refractivity contribution in [1.29, 1.82) is 0 Å². The quantitative estimate of drug-likeness (QED) is 0.698. The van der Waals surface area contributed by atoms with Gasteiger partial charge < -0.3 is 4.42 Å². The van der Waals surface area contributed by atoms with Crippen LogP contribution in [0.5, 0.6) is 0 Å². The smallest absolute Gasteiger partial charge is 0.322 e. The second-order valence-electron chi connectivity index (χ2n) is 5.11. The predicted molar refractivity (Wildman–Crippen MR) is 90.2 cm³/mol. The summed E-state index contributed by atoms with van der Waals surface area (Å²) in [5.74, 6) is -2.01. The Labute approximate surface area is 146 Å². The zero-order valence-corrected chi connectivity index (χ0v) is 13.9. The van der Waals surface area contributed by atoms with E-state index in [9.17, 15) is 13.6 Å².